The summed E-state index contributed by atoms with van der Waals surface area (Å²) in [6.07, 6.45) is 5.90. The number of guanidine groups is 1. The molecule has 5 nitrogen and oxygen atoms in total. The molecule has 2 aromatic rings. The summed E-state index contributed by atoms with van der Waals surface area (Å²) >= 11 is 3.49. The number of nitrogens with one attached hydrogen (secondary N) is 2. The highest BCUT2D eigenvalue weighted by Crippen LogP contribution is 2.17. The normalized spacial score (nSPS) is 11.0. The summed E-state index contributed by atoms with van der Waals surface area (Å²) in [6, 6.07) is 10.1. The Morgan fingerprint density at radius 3 is 2.88 bits per heavy atom. The summed E-state index contributed by atoms with van der Waals surface area (Å²) < 4.78 is 0. The molecular weight excluding hydrogens is 386 g/mol. The molecular formula is C18H22ClN5S2. The Kier molecular flexibility index (Phi) is 11.2. The minimum absolute atomic E-state index is 0. The third-order valence-corrected chi connectivity index (χ3v) is 5.03. The van der Waals surface area contributed by atoms with Gasteiger partial charge >= 0.3 is 0 Å². The average Bonchev–Trinajstić information content (AvgIpc) is 3.04. The van der Waals surface area contributed by atoms with Gasteiger partial charge in [0.2, 0.25) is 5.96 Å². The summed E-state index contributed by atoms with van der Waals surface area (Å²) in [5.41, 5.74) is 4.17. The monoisotopic (exact) mass is 407 g/mol. The van der Waals surface area contributed by atoms with Crippen LogP contribution >= 0.6 is 35.5 Å². The molecule has 1 aromatic carbocycles. The van der Waals surface area contributed by atoms with Crippen LogP contribution in [-0.2, 0) is 5.75 Å². The highest BCUT2D eigenvalue weighted by atomic mass is 35.5. The van der Waals surface area contributed by atoms with Crippen molar-refractivity contribution in [3.63, 3.8) is 0 Å². The molecule has 2 N–H and O–H groups in total. The van der Waals surface area contributed by atoms with E-state index in [4.69, 9.17) is 5.26 Å². The molecule has 0 atom stereocenters. The summed E-state index contributed by atoms with van der Waals surface area (Å²) in [7, 11) is 0. The quantitative estimate of drug-likeness (QED) is 0.229. The summed E-state index contributed by atoms with van der Waals surface area (Å²) in [6.45, 7) is 3.34. The molecule has 0 saturated heterocycles. The molecule has 26 heavy (non-hydrogen) atoms. The maximum absolute atomic E-state index is 8.82. The van der Waals surface area contributed by atoms with Gasteiger partial charge in [0.1, 0.15) is 0 Å². The average molecular weight is 408 g/mol. The molecule has 0 fully saturated rings. The van der Waals surface area contributed by atoms with Gasteiger partial charge in [-0.05, 0) is 12.5 Å². The fraction of sp³-hybridized carbons (Fsp3) is 0.278. The number of aliphatic imine (C=N–C) groups is 1. The minimum atomic E-state index is 0. The van der Waals surface area contributed by atoms with E-state index in [1.54, 1.807) is 11.3 Å². The van der Waals surface area contributed by atoms with Crippen LogP contribution in [-0.4, -0.2) is 29.8 Å². The molecule has 0 unspecified atom stereocenters. The zero-order valence-electron chi connectivity index (χ0n) is 14.5. The molecule has 0 aliphatic rings. The third-order valence-electron chi connectivity index (χ3n) is 3.26. The fourth-order valence-corrected chi connectivity index (χ4v) is 3.53. The highest BCUT2D eigenvalue weighted by Gasteiger charge is 2.01. The van der Waals surface area contributed by atoms with Crippen LogP contribution in [0.4, 0.5) is 0 Å². The van der Waals surface area contributed by atoms with E-state index in [0.717, 1.165) is 29.3 Å². The van der Waals surface area contributed by atoms with Crippen molar-refractivity contribution < 1.29 is 0 Å². The molecule has 0 saturated carbocycles. The summed E-state index contributed by atoms with van der Waals surface area (Å²) in [4.78, 5) is 9.98. The number of thiazole rings is 1. The van der Waals surface area contributed by atoms with Gasteiger partial charge in [-0.25, -0.2) is 9.98 Å². The van der Waals surface area contributed by atoms with Crippen molar-refractivity contribution in [2.45, 2.75) is 12.7 Å². The number of halogens is 1. The molecule has 0 radical (unpaired) electrons. The number of rotatable bonds is 8. The Balaban J connectivity index is 0.00000338. The number of aromatic nitrogens is 1. The molecule has 2 rings (SSSR count). The van der Waals surface area contributed by atoms with E-state index < -0.39 is 0 Å². The van der Waals surface area contributed by atoms with Gasteiger partial charge in [0.15, 0.2) is 6.19 Å². The Bertz CT molecular complexity index is 738. The molecule has 8 heteroatoms. The second kappa shape index (κ2) is 13.2. The van der Waals surface area contributed by atoms with Crippen molar-refractivity contribution in [2.24, 2.45) is 4.99 Å². The first kappa shape index (κ1) is 22.0. The maximum Gasteiger partial charge on any atom is 0.205 e. The standard InChI is InChI=1S/C18H21N5S2.ClH/c1-15-17(23-14-25-15)12-24-11-10-21-18(22-13-19)20-9-5-8-16-6-3-2-4-7-16;/h2-8,14H,9-12H2,1H3,(H2,20,21,22);1H/b8-5+;. The van der Waals surface area contributed by atoms with Gasteiger partial charge in [-0.15, -0.1) is 23.7 Å². The molecule has 0 bridgehead atoms. The molecule has 1 heterocycles. The van der Waals surface area contributed by atoms with E-state index in [-0.39, 0.29) is 12.4 Å². The first-order valence-corrected chi connectivity index (χ1v) is 9.94. The van der Waals surface area contributed by atoms with Gasteiger partial charge in [-0.2, -0.15) is 17.0 Å². The van der Waals surface area contributed by atoms with Crippen molar-refractivity contribution >= 4 is 47.5 Å². The number of benzene rings is 1. The first-order valence-electron chi connectivity index (χ1n) is 7.91. The van der Waals surface area contributed by atoms with Crippen LogP contribution in [0.1, 0.15) is 16.1 Å². The van der Waals surface area contributed by atoms with Crippen LogP contribution < -0.4 is 10.6 Å². The minimum Gasteiger partial charge on any atom is -0.355 e. The van der Waals surface area contributed by atoms with Gasteiger partial charge in [0.05, 0.1) is 17.7 Å². The molecule has 0 spiro atoms. The topological polar surface area (TPSA) is 73.1 Å². The molecule has 1 aromatic heterocycles. The van der Waals surface area contributed by atoms with E-state index in [1.807, 2.05) is 65.9 Å². The predicted molar refractivity (Wildman–Crippen MR) is 115 cm³/mol. The smallest absolute Gasteiger partial charge is 0.205 e. The fourth-order valence-electron chi connectivity index (χ4n) is 1.97. The Morgan fingerprint density at radius 1 is 1.38 bits per heavy atom. The van der Waals surface area contributed by atoms with E-state index >= 15 is 0 Å². The largest absolute Gasteiger partial charge is 0.355 e. The van der Waals surface area contributed by atoms with Crippen LogP contribution in [0.2, 0.25) is 0 Å². The van der Waals surface area contributed by atoms with Crippen LogP contribution in [0.3, 0.4) is 0 Å². The Labute approximate surface area is 169 Å². The van der Waals surface area contributed by atoms with E-state index in [2.05, 4.69) is 27.5 Å². The van der Waals surface area contributed by atoms with Crippen molar-refractivity contribution in [3.05, 3.63) is 58.1 Å². The summed E-state index contributed by atoms with van der Waals surface area (Å²) in [5.74, 6) is 2.34. The van der Waals surface area contributed by atoms with Crippen molar-refractivity contribution in [1.29, 1.82) is 5.26 Å². The van der Waals surface area contributed by atoms with Gasteiger partial charge in [-0.1, -0.05) is 42.5 Å². The van der Waals surface area contributed by atoms with Crippen molar-refractivity contribution in [1.82, 2.24) is 15.6 Å². The lowest BCUT2D eigenvalue weighted by molar-refractivity contribution is 0.923. The van der Waals surface area contributed by atoms with E-state index in [0.29, 0.717) is 12.5 Å². The second-order valence-corrected chi connectivity index (χ2v) is 7.24. The van der Waals surface area contributed by atoms with Gasteiger partial charge in [-0.3, -0.25) is 5.32 Å². The van der Waals surface area contributed by atoms with Crippen LogP contribution in [0, 0.1) is 18.4 Å². The third kappa shape index (κ3) is 8.39. The number of hydrogen-bond acceptors (Lipinski definition) is 5. The lowest BCUT2D eigenvalue weighted by atomic mass is 10.2. The lowest BCUT2D eigenvalue weighted by Gasteiger charge is -2.07. The van der Waals surface area contributed by atoms with Crippen molar-refractivity contribution in [3.8, 4) is 6.19 Å². The van der Waals surface area contributed by atoms with Gasteiger partial charge in [0.25, 0.3) is 0 Å². The lowest BCUT2D eigenvalue weighted by Crippen LogP contribution is -2.36. The van der Waals surface area contributed by atoms with Crippen LogP contribution in [0.25, 0.3) is 6.08 Å². The second-order valence-electron chi connectivity index (χ2n) is 5.07. The number of nitriles is 1. The molecule has 0 aliphatic heterocycles. The maximum atomic E-state index is 8.82. The van der Waals surface area contributed by atoms with E-state index in [9.17, 15) is 0 Å². The van der Waals surface area contributed by atoms with Gasteiger partial charge < -0.3 is 5.32 Å². The molecule has 0 aliphatic carbocycles. The number of aryl methyl sites for hydroxylation is 1. The Morgan fingerprint density at radius 2 is 2.19 bits per heavy atom. The SMILES string of the molecule is Cc1scnc1CSCCNC(=NC/C=C/c1ccccc1)NC#N.Cl. The first-order chi connectivity index (χ1) is 12.3. The highest BCUT2D eigenvalue weighted by molar-refractivity contribution is 7.98. The molecule has 138 valence electrons. The number of thioether (sulfide) groups is 1. The predicted octanol–water partition coefficient (Wildman–Crippen LogP) is 3.84. The zero-order valence-corrected chi connectivity index (χ0v) is 17.0. The zero-order chi connectivity index (χ0) is 17.7. The van der Waals surface area contributed by atoms with Gasteiger partial charge in [0, 0.05) is 22.9 Å². The number of hydrogen-bond donors (Lipinski definition) is 2. The summed E-state index contributed by atoms with van der Waals surface area (Å²) in [5, 5.41) is 14.6. The van der Waals surface area contributed by atoms with Crippen LogP contribution in [0.15, 0.2) is 46.9 Å². The Hall–Kier alpha value is -2.01. The van der Waals surface area contributed by atoms with Crippen LogP contribution in [0.5, 0.6) is 0 Å². The molecule has 0 amide bonds. The van der Waals surface area contributed by atoms with E-state index in [1.165, 1.54) is 4.88 Å². The van der Waals surface area contributed by atoms with Crippen molar-refractivity contribution in [2.75, 3.05) is 18.8 Å². The number of nitrogens with zero attached hydrogens (tertiary/aromatic N) is 3.